The summed E-state index contributed by atoms with van der Waals surface area (Å²) in [4.78, 5) is 0. The molecule has 0 aliphatic heterocycles. The first-order valence-corrected chi connectivity index (χ1v) is 5.39. The van der Waals surface area contributed by atoms with Crippen molar-refractivity contribution < 1.29 is 9.47 Å². The number of nitrogens with zero attached hydrogens (tertiary/aromatic N) is 1. The van der Waals surface area contributed by atoms with Gasteiger partial charge in [-0.05, 0) is 32.4 Å². The van der Waals surface area contributed by atoms with E-state index in [9.17, 15) is 0 Å². The van der Waals surface area contributed by atoms with Gasteiger partial charge in [-0.3, -0.25) is 0 Å². The van der Waals surface area contributed by atoms with Crippen LogP contribution in [-0.2, 0) is 4.74 Å². The van der Waals surface area contributed by atoms with Gasteiger partial charge in [-0.1, -0.05) is 12.1 Å². The summed E-state index contributed by atoms with van der Waals surface area (Å²) in [5.41, 5.74) is 1.55. The van der Waals surface area contributed by atoms with Crippen molar-refractivity contribution in [2.24, 2.45) is 0 Å². The van der Waals surface area contributed by atoms with Crippen LogP contribution in [0.2, 0.25) is 0 Å². The first kappa shape index (κ1) is 12.5. The van der Waals surface area contributed by atoms with Crippen LogP contribution in [0.25, 0.3) is 0 Å². The maximum atomic E-state index is 8.93. The molecule has 1 aromatic rings. The third-order valence-corrected chi connectivity index (χ3v) is 2.11. The topological polar surface area (TPSA) is 42.2 Å². The van der Waals surface area contributed by atoms with Crippen LogP contribution in [0.15, 0.2) is 18.2 Å². The molecule has 0 atom stereocenters. The Kier molecular flexibility index (Phi) is 4.81. The molecule has 3 nitrogen and oxygen atoms in total. The molecule has 3 heteroatoms. The predicted octanol–water partition coefficient (Wildman–Crippen LogP) is 2.67. The fourth-order valence-corrected chi connectivity index (χ4v) is 1.36. The smallest absolute Gasteiger partial charge is 0.140 e. The number of ether oxygens (including phenoxy) is 2. The highest BCUT2D eigenvalue weighted by Gasteiger charge is 2.06. The molecule has 0 bridgehead atoms. The highest BCUT2D eigenvalue weighted by Crippen LogP contribution is 2.22. The van der Waals surface area contributed by atoms with Gasteiger partial charge >= 0.3 is 0 Å². The Morgan fingerprint density at radius 3 is 2.69 bits per heavy atom. The van der Waals surface area contributed by atoms with Gasteiger partial charge in [0.25, 0.3) is 0 Å². The molecule has 0 aromatic heterocycles. The lowest BCUT2D eigenvalue weighted by Crippen LogP contribution is -2.12. The van der Waals surface area contributed by atoms with Crippen molar-refractivity contribution >= 4 is 0 Å². The molecule has 1 rings (SSSR count). The van der Waals surface area contributed by atoms with Crippen LogP contribution in [0.1, 0.15) is 25.0 Å². The fourth-order valence-electron chi connectivity index (χ4n) is 1.36. The van der Waals surface area contributed by atoms with Crippen molar-refractivity contribution in [1.29, 1.82) is 5.26 Å². The molecule has 1 aromatic carbocycles. The maximum Gasteiger partial charge on any atom is 0.140 e. The Balaban J connectivity index is 2.57. The van der Waals surface area contributed by atoms with Crippen LogP contribution in [-0.4, -0.2) is 19.3 Å². The Morgan fingerprint density at radius 2 is 2.06 bits per heavy atom. The van der Waals surface area contributed by atoms with Crippen molar-refractivity contribution in [2.75, 3.05) is 13.2 Å². The third-order valence-electron chi connectivity index (χ3n) is 2.11. The molecular formula is C13H17NO2. The van der Waals surface area contributed by atoms with Gasteiger partial charge < -0.3 is 9.47 Å². The SMILES string of the molecule is Cc1cccc(C#N)c1OCCOC(C)C. The molecule has 0 aliphatic rings. The number of para-hydroxylation sites is 1. The van der Waals surface area contributed by atoms with Crippen LogP contribution in [0.5, 0.6) is 5.75 Å². The zero-order valence-electron chi connectivity index (χ0n) is 9.99. The number of rotatable bonds is 5. The van der Waals surface area contributed by atoms with Gasteiger partial charge in [0.05, 0.1) is 18.3 Å². The zero-order valence-corrected chi connectivity index (χ0v) is 9.99. The minimum Gasteiger partial charge on any atom is -0.490 e. The molecule has 0 amide bonds. The van der Waals surface area contributed by atoms with Crippen molar-refractivity contribution in [3.8, 4) is 11.8 Å². The summed E-state index contributed by atoms with van der Waals surface area (Å²) in [6, 6.07) is 7.66. The molecule has 0 fully saturated rings. The Hall–Kier alpha value is -1.53. The normalized spacial score (nSPS) is 10.2. The average Bonchev–Trinajstić information content (AvgIpc) is 2.25. The summed E-state index contributed by atoms with van der Waals surface area (Å²) >= 11 is 0. The van der Waals surface area contributed by atoms with Gasteiger partial charge in [0.15, 0.2) is 0 Å². The largest absolute Gasteiger partial charge is 0.490 e. The standard InChI is InChI=1S/C13H17NO2/c1-10(2)15-7-8-16-13-11(3)5-4-6-12(13)9-14/h4-6,10H,7-8H2,1-3H3. The molecule has 0 spiro atoms. The molecule has 0 unspecified atom stereocenters. The van der Waals surface area contributed by atoms with Gasteiger partial charge in [-0.2, -0.15) is 5.26 Å². The highest BCUT2D eigenvalue weighted by atomic mass is 16.5. The predicted molar refractivity (Wildman–Crippen MR) is 62.5 cm³/mol. The van der Waals surface area contributed by atoms with E-state index in [0.717, 1.165) is 5.56 Å². The summed E-state index contributed by atoms with van der Waals surface area (Å²) in [5.74, 6) is 0.664. The van der Waals surface area contributed by atoms with Gasteiger partial charge in [0, 0.05) is 0 Å². The highest BCUT2D eigenvalue weighted by molar-refractivity contribution is 5.47. The number of benzene rings is 1. The van der Waals surface area contributed by atoms with Crippen molar-refractivity contribution in [3.63, 3.8) is 0 Å². The average molecular weight is 219 g/mol. The van der Waals surface area contributed by atoms with Crippen LogP contribution in [0.3, 0.4) is 0 Å². The summed E-state index contributed by atoms with van der Waals surface area (Å²) < 4.78 is 10.9. The third kappa shape index (κ3) is 3.56. The van der Waals surface area contributed by atoms with E-state index in [1.807, 2.05) is 32.9 Å². The second-order valence-electron chi connectivity index (χ2n) is 3.83. The van der Waals surface area contributed by atoms with E-state index < -0.39 is 0 Å². The van der Waals surface area contributed by atoms with Crippen molar-refractivity contribution in [3.05, 3.63) is 29.3 Å². The molecule has 0 saturated carbocycles. The first-order chi connectivity index (χ1) is 7.65. The van der Waals surface area contributed by atoms with E-state index in [0.29, 0.717) is 24.5 Å². The first-order valence-electron chi connectivity index (χ1n) is 5.39. The Bertz CT molecular complexity index is 380. The minimum absolute atomic E-state index is 0.205. The summed E-state index contributed by atoms with van der Waals surface area (Å²) in [6.07, 6.45) is 0.205. The molecule has 0 saturated heterocycles. The second kappa shape index (κ2) is 6.14. The lowest BCUT2D eigenvalue weighted by molar-refractivity contribution is 0.0551. The Labute approximate surface area is 96.6 Å². The molecule has 0 aliphatic carbocycles. The van der Waals surface area contributed by atoms with Crippen molar-refractivity contribution in [1.82, 2.24) is 0 Å². The van der Waals surface area contributed by atoms with E-state index >= 15 is 0 Å². The van der Waals surface area contributed by atoms with E-state index in [2.05, 4.69) is 6.07 Å². The van der Waals surface area contributed by atoms with Crippen LogP contribution >= 0.6 is 0 Å². The zero-order chi connectivity index (χ0) is 12.0. The molecule has 0 heterocycles. The number of aryl methyl sites for hydroxylation is 1. The number of nitriles is 1. The second-order valence-corrected chi connectivity index (χ2v) is 3.83. The molecule has 0 radical (unpaired) electrons. The fraction of sp³-hybridized carbons (Fsp3) is 0.462. The maximum absolute atomic E-state index is 8.93. The molecule has 16 heavy (non-hydrogen) atoms. The van der Waals surface area contributed by atoms with Gasteiger partial charge in [-0.15, -0.1) is 0 Å². The van der Waals surface area contributed by atoms with Gasteiger partial charge in [0.1, 0.15) is 18.4 Å². The summed E-state index contributed by atoms with van der Waals surface area (Å²) in [5, 5.41) is 8.93. The van der Waals surface area contributed by atoms with Crippen LogP contribution in [0, 0.1) is 18.3 Å². The Morgan fingerprint density at radius 1 is 1.31 bits per heavy atom. The molecule has 0 N–H and O–H groups in total. The van der Waals surface area contributed by atoms with Crippen LogP contribution in [0.4, 0.5) is 0 Å². The van der Waals surface area contributed by atoms with Gasteiger partial charge in [0.2, 0.25) is 0 Å². The van der Waals surface area contributed by atoms with E-state index in [1.54, 1.807) is 6.07 Å². The monoisotopic (exact) mass is 219 g/mol. The minimum atomic E-state index is 0.205. The van der Waals surface area contributed by atoms with E-state index in [1.165, 1.54) is 0 Å². The van der Waals surface area contributed by atoms with Crippen LogP contribution < -0.4 is 4.74 Å². The molecular weight excluding hydrogens is 202 g/mol. The summed E-state index contributed by atoms with van der Waals surface area (Å²) in [7, 11) is 0. The van der Waals surface area contributed by atoms with E-state index in [4.69, 9.17) is 14.7 Å². The van der Waals surface area contributed by atoms with Gasteiger partial charge in [-0.25, -0.2) is 0 Å². The lowest BCUT2D eigenvalue weighted by Gasteiger charge is -2.12. The lowest BCUT2D eigenvalue weighted by atomic mass is 10.1. The summed E-state index contributed by atoms with van der Waals surface area (Å²) in [6.45, 7) is 6.90. The van der Waals surface area contributed by atoms with Crippen molar-refractivity contribution in [2.45, 2.75) is 26.9 Å². The molecule has 86 valence electrons. The number of hydrogen-bond acceptors (Lipinski definition) is 3. The quantitative estimate of drug-likeness (QED) is 0.715. The number of hydrogen-bond donors (Lipinski definition) is 0. The van der Waals surface area contributed by atoms with E-state index in [-0.39, 0.29) is 6.10 Å².